The van der Waals surface area contributed by atoms with Crippen LogP contribution in [0.2, 0.25) is 0 Å². The van der Waals surface area contributed by atoms with Crippen molar-refractivity contribution in [3.05, 3.63) is 77.4 Å². The van der Waals surface area contributed by atoms with E-state index in [9.17, 15) is 9.18 Å². The number of H-pyrrole nitrogens is 1. The summed E-state index contributed by atoms with van der Waals surface area (Å²) in [5.74, 6) is 2.23. The summed E-state index contributed by atoms with van der Waals surface area (Å²) in [5.41, 5.74) is 5.06. The molecule has 4 aliphatic rings. The molecule has 0 amide bonds. The monoisotopic (exact) mass is 595 g/mol. The van der Waals surface area contributed by atoms with Gasteiger partial charge in [0.15, 0.2) is 6.29 Å². The van der Waals surface area contributed by atoms with Crippen LogP contribution >= 0.6 is 0 Å². The van der Waals surface area contributed by atoms with E-state index in [2.05, 4.69) is 42.9 Å². The Hall–Kier alpha value is -3.95. The SMILES string of the molecule is COc1cc(CN2CCN(C3CC4(C3)CN(c3ccc(C=O)c(Oc5cnc6[nH]cc(F)c6c5)c3)C4)CC2)ccc1C1CC1. The number of nitrogens with one attached hydrogen (secondary N) is 1. The first-order chi connectivity index (χ1) is 21.5. The number of methoxy groups -OCH3 is 1. The summed E-state index contributed by atoms with van der Waals surface area (Å²) >= 11 is 0. The van der Waals surface area contributed by atoms with Gasteiger partial charge in [0.25, 0.3) is 0 Å². The van der Waals surface area contributed by atoms with Gasteiger partial charge in [0.2, 0.25) is 0 Å². The molecule has 2 aliphatic carbocycles. The molecule has 4 aromatic rings. The molecule has 8 nitrogen and oxygen atoms in total. The quantitative estimate of drug-likeness (QED) is 0.239. The zero-order chi connectivity index (χ0) is 29.8. The fraction of sp³-hybridized carbons (Fsp3) is 0.429. The number of fused-ring (bicyclic) bond motifs is 1. The van der Waals surface area contributed by atoms with E-state index in [-0.39, 0.29) is 5.82 Å². The summed E-state index contributed by atoms with van der Waals surface area (Å²) in [6.45, 7) is 7.49. The molecule has 0 radical (unpaired) electrons. The number of aromatic amines is 1. The van der Waals surface area contributed by atoms with Crippen molar-refractivity contribution in [2.75, 3.05) is 51.3 Å². The average molecular weight is 596 g/mol. The Morgan fingerprint density at radius 3 is 2.61 bits per heavy atom. The molecular formula is C35H38FN5O3. The topological polar surface area (TPSA) is 73.9 Å². The molecule has 2 aliphatic heterocycles. The van der Waals surface area contributed by atoms with E-state index in [0.717, 1.165) is 63.5 Å². The van der Waals surface area contributed by atoms with E-state index in [0.29, 0.717) is 45.5 Å². The number of carbonyl (C=O) groups excluding carboxylic acids is 1. The smallest absolute Gasteiger partial charge is 0.153 e. The normalized spacial score (nSPS) is 20.5. The first-order valence-electron chi connectivity index (χ1n) is 15.8. The minimum Gasteiger partial charge on any atom is -0.496 e. The van der Waals surface area contributed by atoms with Crippen LogP contribution in [0.25, 0.3) is 11.0 Å². The summed E-state index contributed by atoms with van der Waals surface area (Å²) in [7, 11) is 1.79. The van der Waals surface area contributed by atoms with Gasteiger partial charge in [-0.25, -0.2) is 9.37 Å². The van der Waals surface area contributed by atoms with Gasteiger partial charge >= 0.3 is 0 Å². The van der Waals surface area contributed by atoms with Crippen LogP contribution in [0.15, 0.2) is 54.9 Å². The Kier molecular flexibility index (Phi) is 6.83. The van der Waals surface area contributed by atoms with Crippen molar-refractivity contribution < 1.29 is 18.7 Å². The molecule has 1 N–H and O–H groups in total. The third-order valence-electron chi connectivity index (χ3n) is 10.2. The van der Waals surface area contributed by atoms with Crippen LogP contribution < -0.4 is 14.4 Å². The van der Waals surface area contributed by atoms with Crippen molar-refractivity contribution in [2.45, 2.75) is 44.2 Å². The summed E-state index contributed by atoms with van der Waals surface area (Å²) in [6.07, 6.45) is 8.67. The molecule has 0 atom stereocenters. The van der Waals surface area contributed by atoms with Gasteiger partial charge in [-0.05, 0) is 67.0 Å². The van der Waals surface area contributed by atoms with Gasteiger partial charge in [0.05, 0.1) is 24.3 Å². The minimum atomic E-state index is -0.385. The van der Waals surface area contributed by atoms with Crippen LogP contribution in [0.5, 0.6) is 17.2 Å². The number of rotatable bonds is 9. The zero-order valence-corrected chi connectivity index (χ0v) is 25.1. The van der Waals surface area contributed by atoms with Gasteiger partial charge in [0, 0.05) is 75.2 Å². The highest BCUT2D eigenvalue weighted by molar-refractivity contribution is 5.82. The van der Waals surface area contributed by atoms with Crippen molar-refractivity contribution in [1.29, 1.82) is 0 Å². The number of carbonyl (C=O) groups is 1. The van der Waals surface area contributed by atoms with Crippen molar-refractivity contribution in [2.24, 2.45) is 5.41 Å². The Balaban J connectivity index is 0.838. The van der Waals surface area contributed by atoms with Gasteiger partial charge in [0.1, 0.15) is 28.7 Å². The van der Waals surface area contributed by atoms with Gasteiger partial charge < -0.3 is 19.4 Å². The number of halogens is 1. The zero-order valence-electron chi connectivity index (χ0n) is 25.1. The first kappa shape index (κ1) is 27.6. The maximum atomic E-state index is 14.0. The van der Waals surface area contributed by atoms with Gasteiger partial charge in [-0.2, -0.15) is 0 Å². The predicted molar refractivity (Wildman–Crippen MR) is 167 cm³/mol. The van der Waals surface area contributed by atoms with Gasteiger partial charge in [-0.15, -0.1) is 0 Å². The standard InChI is InChI=1S/C35H38FN5O3/c1-43-33-12-23(2-7-29(33)24-3-4-24)19-39-8-10-40(11-9-39)27-15-35(16-27)21-41(22-35)26-6-5-25(20-42)32(13-26)44-28-14-30-31(36)18-38-34(30)37-17-28/h2,5-7,12-14,17-18,20,24,27H,3-4,8-11,15-16,19,21-22H2,1H3,(H,37,38). The lowest BCUT2D eigenvalue weighted by Crippen LogP contribution is -2.68. The summed E-state index contributed by atoms with van der Waals surface area (Å²) in [6, 6.07) is 14.8. The fourth-order valence-corrected chi connectivity index (χ4v) is 7.57. The van der Waals surface area contributed by atoms with Crippen molar-refractivity contribution in [3.8, 4) is 17.2 Å². The van der Waals surface area contributed by atoms with Gasteiger partial charge in [-0.1, -0.05) is 12.1 Å². The van der Waals surface area contributed by atoms with E-state index < -0.39 is 0 Å². The fourth-order valence-electron chi connectivity index (χ4n) is 7.57. The Bertz CT molecular complexity index is 1700. The summed E-state index contributed by atoms with van der Waals surface area (Å²) < 4.78 is 25.8. The first-order valence-corrected chi connectivity index (χ1v) is 15.8. The lowest BCUT2D eigenvalue weighted by molar-refractivity contribution is -0.0380. The Morgan fingerprint density at radius 2 is 1.86 bits per heavy atom. The maximum absolute atomic E-state index is 14.0. The number of piperazine rings is 1. The summed E-state index contributed by atoms with van der Waals surface area (Å²) in [5, 5.41) is 0.357. The number of aromatic nitrogens is 2. The molecule has 0 bridgehead atoms. The molecular weight excluding hydrogens is 557 g/mol. The third kappa shape index (κ3) is 5.12. The second-order valence-electron chi connectivity index (χ2n) is 13.2. The molecule has 1 spiro atoms. The number of benzene rings is 2. The molecule has 228 valence electrons. The van der Waals surface area contributed by atoms with Crippen LogP contribution in [-0.2, 0) is 6.54 Å². The highest BCUT2D eigenvalue weighted by atomic mass is 19.1. The van der Waals surface area contributed by atoms with E-state index in [4.69, 9.17) is 9.47 Å². The molecule has 2 saturated heterocycles. The number of anilines is 1. The molecule has 44 heavy (non-hydrogen) atoms. The predicted octanol–water partition coefficient (Wildman–Crippen LogP) is 5.98. The van der Waals surface area contributed by atoms with Crippen molar-refractivity contribution in [3.63, 3.8) is 0 Å². The van der Waals surface area contributed by atoms with Crippen molar-refractivity contribution in [1.82, 2.24) is 19.8 Å². The third-order valence-corrected chi connectivity index (χ3v) is 10.2. The molecule has 0 unspecified atom stereocenters. The minimum absolute atomic E-state index is 0.357. The molecule has 4 fully saturated rings. The number of hydrogen-bond acceptors (Lipinski definition) is 7. The number of aldehydes is 1. The van der Waals surface area contributed by atoms with Crippen LogP contribution in [-0.4, -0.2) is 78.5 Å². The van der Waals surface area contributed by atoms with Crippen LogP contribution in [0.4, 0.5) is 10.1 Å². The second-order valence-corrected chi connectivity index (χ2v) is 13.2. The number of pyridine rings is 1. The van der Waals surface area contributed by atoms with Crippen LogP contribution in [0.1, 0.15) is 53.1 Å². The van der Waals surface area contributed by atoms with Crippen molar-refractivity contribution >= 4 is 23.0 Å². The molecule has 2 aromatic heterocycles. The lowest BCUT2D eigenvalue weighted by Gasteiger charge is -2.62. The second kappa shape index (κ2) is 10.9. The molecule has 2 aromatic carbocycles. The van der Waals surface area contributed by atoms with Crippen LogP contribution in [0.3, 0.4) is 0 Å². The molecule has 9 heteroatoms. The Morgan fingerprint density at radius 1 is 1.05 bits per heavy atom. The number of nitrogens with zero attached hydrogens (tertiary/aromatic N) is 4. The summed E-state index contributed by atoms with van der Waals surface area (Å²) in [4.78, 5) is 26.4. The van der Waals surface area contributed by atoms with E-state index in [1.54, 1.807) is 19.2 Å². The van der Waals surface area contributed by atoms with E-state index in [1.165, 1.54) is 49.2 Å². The van der Waals surface area contributed by atoms with Crippen LogP contribution in [0, 0.1) is 11.2 Å². The highest BCUT2D eigenvalue weighted by Crippen LogP contribution is 2.52. The number of ether oxygens (including phenoxy) is 2. The largest absolute Gasteiger partial charge is 0.496 e. The van der Waals surface area contributed by atoms with E-state index in [1.807, 2.05) is 12.1 Å². The molecule has 2 saturated carbocycles. The van der Waals surface area contributed by atoms with E-state index >= 15 is 0 Å². The molecule has 4 heterocycles. The Labute approximate surface area is 256 Å². The van der Waals surface area contributed by atoms with Gasteiger partial charge in [-0.3, -0.25) is 14.6 Å². The number of hydrogen-bond donors (Lipinski definition) is 1. The molecule has 8 rings (SSSR count). The highest BCUT2D eigenvalue weighted by Gasteiger charge is 2.54. The average Bonchev–Trinajstić information content (AvgIpc) is 3.79. The maximum Gasteiger partial charge on any atom is 0.153 e. The lowest BCUT2D eigenvalue weighted by atomic mass is 9.60.